The number of rotatable bonds is 6. The summed E-state index contributed by atoms with van der Waals surface area (Å²) in [7, 11) is 0. The molecule has 1 atom stereocenters. The monoisotopic (exact) mass is 238 g/mol. The van der Waals surface area contributed by atoms with Crippen LogP contribution in [0, 0.1) is 11.8 Å². The van der Waals surface area contributed by atoms with Crippen LogP contribution in [0.4, 0.5) is 0 Å². The van der Waals surface area contributed by atoms with Gasteiger partial charge < -0.3 is 11.5 Å². The zero-order chi connectivity index (χ0) is 12.0. The maximum atomic E-state index is 5.70. The molecular formula is C13H22N2S. The molecule has 16 heavy (non-hydrogen) atoms. The van der Waals surface area contributed by atoms with Gasteiger partial charge in [0.1, 0.15) is 0 Å². The molecule has 1 rings (SSSR count). The van der Waals surface area contributed by atoms with Gasteiger partial charge in [-0.3, -0.25) is 0 Å². The van der Waals surface area contributed by atoms with Gasteiger partial charge in [-0.1, -0.05) is 19.1 Å². The Morgan fingerprint density at radius 3 is 2.12 bits per heavy atom. The van der Waals surface area contributed by atoms with Crippen molar-refractivity contribution in [2.24, 2.45) is 23.3 Å². The second-order valence-corrected chi connectivity index (χ2v) is 5.14. The molecule has 0 heterocycles. The molecule has 2 nitrogen and oxygen atoms in total. The predicted molar refractivity (Wildman–Crippen MR) is 72.7 cm³/mol. The molecule has 0 saturated carbocycles. The van der Waals surface area contributed by atoms with Crippen LogP contribution in [0.3, 0.4) is 0 Å². The van der Waals surface area contributed by atoms with E-state index in [1.54, 1.807) is 11.8 Å². The maximum Gasteiger partial charge on any atom is 0.00693 e. The van der Waals surface area contributed by atoms with Crippen LogP contribution in [0.5, 0.6) is 0 Å². The van der Waals surface area contributed by atoms with Gasteiger partial charge in [0.25, 0.3) is 0 Å². The number of hydrogen-bond acceptors (Lipinski definition) is 3. The minimum atomic E-state index is 0.431. The molecule has 4 N–H and O–H groups in total. The highest BCUT2D eigenvalue weighted by molar-refractivity contribution is 7.98. The van der Waals surface area contributed by atoms with Gasteiger partial charge in [-0.15, -0.1) is 11.8 Å². The first-order valence-corrected chi connectivity index (χ1v) is 6.96. The lowest BCUT2D eigenvalue weighted by Gasteiger charge is -2.20. The molecule has 3 heteroatoms. The zero-order valence-electron chi connectivity index (χ0n) is 10.1. The summed E-state index contributed by atoms with van der Waals surface area (Å²) in [4.78, 5) is 1.31. The Labute approximate surface area is 103 Å². The number of benzene rings is 1. The Balaban J connectivity index is 2.58. The normalized spacial score (nSPS) is 13.1. The third-order valence-corrected chi connectivity index (χ3v) is 3.87. The van der Waals surface area contributed by atoms with Crippen molar-refractivity contribution in [3.05, 3.63) is 29.8 Å². The summed E-state index contributed by atoms with van der Waals surface area (Å²) < 4.78 is 0. The van der Waals surface area contributed by atoms with Gasteiger partial charge in [-0.25, -0.2) is 0 Å². The molecular weight excluding hydrogens is 216 g/mol. The summed E-state index contributed by atoms with van der Waals surface area (Å²) in [6, 6.07) is 8.75. The van der Waals surface area contributed by atoms with Gasteiger partial charge in [0.05, 0.1) is 0 Å². The van der Waals surface area contributed by atoms with Crippen LogP contribution in [0.25, 0.3) is 0 Å². The summed E-state index contributed by atoms with van der Waals surface area (Å²) >= 11 is 1.77. The van der Waals surface area contributed by atoms with Gasteiger partial charge in [0.2, 0.25) is 0 Å². The molecule has 0 saturated heterocycles. The lowest BCUT2D eigenvalue weighted by molar-refractivity contribution is 0.372. The van der Waals surface area contributed by atoms with Crippen molar-refractivity contribution in [3.63, 3.8) is 0 Å². The van der Waals surface area contributed by atoms with Crippen LogP contribution in [-0.2, 0) is 6.42 Å². The first kappa shape index (κ1) is 13.6. The lowest BCUT2D eigenvalue weighted by Crippen LogP contribution is -2.30. The van der Waals surface area contributed by atoms with E-state index in [4.69, 9.17) is 11.5 Å². The predicted octanol–water partition coefficient (Wildman–Crippen LogP) is 2.12. The first-order chi connectivity index (χ1) is 7.71. The molecule has 0 aliphatic rings. The van der Waals surface area contributed by atoms with Crippen LogP contribution in [0.2, 0.25) is 0 Å². The second kappa shape index (κ2) is 6.94. The van der Waals surface area contributed by atoms with Gasteiger partial charge in [0.15, 0.2) is 0 Å². The minimum Gasteiger partial charge on any atom is -0.330 e. The van der Waals surface area contributed by atoms with E-state index in [0.29, 0.717) is 24.9 Å². The van der Waals surface area contributed by atoms with Crippen LogP contribution < -0.4 is 11.5 Å². The maximum absolute atomic E-state index is 5.70. The van der Waals surface area contributed by atoms with Crippen LogP contribution >= 0.6 is 11.8 Å². The molecule has 0 amide bonds. The lowest BCUT2D eigenvalue weighted by atomic mass is 9.88. The SMILES string of the molecule is CSc1ccc(CC(C)C(CN)CN)cc1. The van der Waals surface area contributed by atoms with Gasteiger partial charge in [0, 0.05) is 4.90 Å². The minimum absolute atomic E-state index is 0.431. The van der Waals surface area contributed by atoms with Crippen molar-refractivity contribution in [1.29, 1.82) is 0 Å². The van der Waals surface area contributed by atoms with Crippen LogP contribution in [0.1, 0.15) is 12.5 Å². The van der Waals surface area contributed by atoms with E-state index >= 15 is 0 Å². The van der Waals surface area contributed by atoms with E-state index in [2.05, 4.69) is 37.4 Å². The quantitative estimate of drug-likeness (QED) is 0.746. The van der Waals surface area contributed by atoms with Crippen molar-refractivity contribution in [1.82, 2.24) is 0 Å². The third-order valence-electron chi connectivity index (χ3n) is 3.13. The summed E-state index contributed by atoms with van der Waals surface area (Å²) in [5.41, 5.74) is 12.8. The summed E-state index contributed by atoms with van der Waals surface area (Å²) in [6.45, 7) is 3.59. The average Bonchev–Trinajstić information content (AvgIpc) is 2.31. The average molecular weight is 238 g/mol. The third kappa shape index (κ3) is 3.81. The fourth-order valence-corrected chi connectivity index (χ4v) is 2.27. The molecule has 1 aromatic rings. The molecule has 0 spiro atoms. The molecule has 0 aromatic heterocycles. The number of thioether (sulfide) groups is 1. The van der Waals surface area contributed by atoms with E-state index in [9.17, 15) is 0 Å². The highest BCUT2D eigenvalue weighted by Crippen LogP contribution is 2.19. The molecule has 0 fully saturated rings. The van der Waals surface area contributed by atoms with E-state index in [-0.39, 0.29) is 0 Å². The van der Waals surface area contributed by atoms with Crippen molar-refractivity contribution in [3.8, 4) is 0 Å². The fourth-order valence-electron chi connectivity index (χ4n) is 1.86. The van der Waals surface area contributed by atoms with E-state index in [0.717, 1.165) is 6.42 Å². The highest BCUT2D eigenvalue weighted by atomic mass is 32.2. The van der Waals surface area contributed by atoms with Crippen molar-refractivity contribution >= 4 is 11.8 Å². The summed E-state index contributed by atoms with van der Waals surface area (Å²) in [5.74, 6) is 0.982. The molecule has 0 aliphatic heterocycles. The standard InChI is InChI=1S/C13H22N2S/c1-10(12(8-14)9-15)7-11-3-5-13(16-2)6-4-11/h3-6,10,12H,7-9,14-15H2,1-2H3. The van der Waals surface area contributed by atoms with Crippen molar-refractivity contribution in [2.45, 2.75) is 18.2 Å². The van der Waals surface area contributed by atoms with Crippen molar-refractivity contribution < 1.29 is 0 Å². The van der Waals surface area contributed by atoms with E-state index in [1.165, 1.54) is 10.5 Å². The second-order valence-electron chi connectivity index (χ2n) is 4.26. The first-order valence-electron chi connectivity index (χ1n) is 5.74. The highest BCUT2D eigenvalue weighted by Gasteiger charge is 2.14. The van der Waals surface area contributed by atoms with Crippen molar-refractivity contribution in [2.75, 3.05) is 19.3 Å². The van der Waals surface area contributed by atoms with Gasteiger partial charge in [-0.2, -0.15) is 0 Å². The molecule has 1 aromatic carbocycles. The molecule has 90 valence electrons. The molecule has 0 bridgehead atoms. The number of hydrogen-bond donors (Lipinski definition) is 2. The summed E-state index contributed by atoms with van der Waals surface area (Å²) in [6.07, 6.45) is 3.16. The van der Waals surface area contributed by atoms with E-state index < -0.39 is 0 Å². The topological polar surface area (TPSA) is 52.0 Å². The molecule has 0 radical (unpaired) electrons. The van der Waals surface area contributed by atoms with Gasteiger partial charge in [-0.05, 0) is 55.3 Å². The molecule has 0 aliphatic carbocycles. The Morgan fingerprint density at radius 1 is 1.12 bits per heavy atom. The van der Waals surface area contributed by atoms with Crippen LogP contribution in [0.15, 0.2) is 29.2 Å². The van der Waals surface area contributed by atoms with E-state index in [1.807, 2.05) is 0 Å². The Kier molecular flexibility index (Phi) is 5.88. The molecule has 1 unspecified atom stereocenters. The zero-order valence-corrected chi connectivity index (χ0v) is 11.0. The largest absolute Gasteiger partial charge is 0.330 e. The summed E-state index contributed by atoms with van der Waals surface area (Å²) in [5, 5.41) is 0. The Bertz CT molecular complexity index is 293. The number of nitrogens with two attached hydrogens (primary N) is 2. The fraction of sp³-hybridized carbons (Fsp3) is 0.538. The Hall–Kier alpha value is -0.510. The van der Waals surface area contributed by atoms with Gasteiger partial charge >= 0.3 is 0 Å². The Morgan fingerprint density at radius 2 is 1.69 bits per heavy atom. The smallest absolute Gasteiger partial charge is 0.00693 e. The van der Waals surface area contributed by atoms with Crippen LogP contribution in [-0.4, -0.2) is 19.3 Å².